The number of halogens is 3. The van der Waals surface area contributed by atoms with Gasteiger partial charge in [0.15, 0.2) is 11.6 Å². The predicted octanol–water partition coefficient (Wildman–Crippen LogP) is 2.09. The molecule has 0 atom stereocenters. The highest BCUT2D eigenvalue weighted by molar-refractivity contribution is 9.10. The van der Waals surface area contributed by atoms with Gasteiger partial charge in [0.25, 0.3) is 11.5 Å². The van der Waals surface area contributed by atoms with Crippen LogP contribution in [-0.4, -0.2) is 40.4 Å². The summed E-state index contributed by atoms with van der Waals surface area (Å²) in [5.74, 6) is -2.75. The molecule has 0 bridgehead atoms. The number of anilines is 2. The van der Waals surface area contributed by atoms with Gasteiger partial charge in [0, 0.05) is 13.1 Å². The first-order chi connectivity index (χ1) is 12.8. The molecule has 7 nitrogen and oxygen atoms in total. The maximum atomic E-state index is 14.3. The van der Waals surface area contributed by atoms with Gasteiger partial charge in [-0.2, -0.15) is 0 Å². The summed E-state index contributed by atoms with van der Waals surface area (Å²) in [5, 5.41) is 12.6. The molecule has 0 aliphatic carbocycles. The first-order valence-electron chi connectivity index (χ1n) is 8.04. The van der Waals surface area contributed by atoms with Crippen LogP contribution in [0.1, 0.15) is 15.9 Å². The number of hydrogen-bond donors (Lipinski definition) is 2. The van der Waals surface area contributed by atoms with Crippen LogP contribution in [0.15, 0.2) is 27.5 Å². The molecule has 2 N–H and O–H groups in total. The highest BCUT2D eigenvalue weighted by atomic mass is 79.9. The zero-order valence-electron chi connectivity index (χ0n) is 14.3. The Hall–Kier alpha value is -2.30. The molecule has 1 aromatic heterocycles. The third-order valence-corrected chi connectivity index (χ3v) is 4.79. The molecule has 0 fully saturated rings. The van der Waals surface area contributed by atoms with Gasteiger partial charge >= 0.3 is 0 Å². The van der Waals surface area contributed by atoms with E-state index in [0.29, 0.717) is 12.0 Å². The van der Waals surface area contributed by atoms with Crippen molar-refractivity contribution in [2.45, 2.75) is 6.42 Å². The summed E-state index contributed by atoms with van der Waals surface area (Å²) in [5.41, 5.74) is -0.0106. The van der Waals surface area contributed by atoms with Gasteiger partial charge < -0.3 is 10.4 Å². The molecule has 3 rings (SSSR count). The van der Waals surface area contributed by atoms with E-state index in [4.69, 9.17) is 9.94 Å². The Labute approximate surface area is 161 Å². The number of fused-ring (bicyclic) bond motifs is 1. The van der Waals surface area contributed by atoms with E-state index in [2.05, 4.69) is 21.2 Å². The Morgan fingerprint density at radius 1 is 1.30 bits per heavy atom. The summed E-state index contributed by atoms with van der Waals surface area (Å²) < 4.78 is 29.2. The molecule has 1 aliphatic heterocycles. The number of rotatable bonds is 5. The van der Waals surface area contributed by atoms with E-state index >= 15 is 0 Å². The Bertz CT molecular complexity index is 964. The van der Waals surface area contributed by atoms with Crippen molar-refractivity contribution in [3.63, 3.8) is 0 Å². The third kappa shape index (κ3) is 3.60. The minimum atomic E-state index is -1.15. The molecular formula is C17H16BrF2N3O4. The molecule has 1 amide bonds. The second kappa shape index (κ2) is 7.75. The molecule has 0 radical (unpaired) electrons. The number of pyridine rings is 1. The van der Waals surface area contributed by atoms with Crippen LogP contribution >= 0.6 is 15.9 Å². The lowest BCUT2D eigenvalue weighted by molar-refractivity contribution is -0.132. The number of carbonyl (C=O) groups is 1. The number of hydroxylamine groups is 2. The molecule has 144 valence electrons. The van der Waals surface area contributed by atoms with Gasteiger partial charge in [-0.25, -0.2) is 13.8 Å². The first-order valence-corrected chi connectivity index (χ1v) is 8.83. The van der Waals surface area contributed by atoms with E-state index in [1.165, 1.54) is 25.2 Å². The van der Waals surface area contributed by atoms with Gasteiger partial charge in [-0.3, -0.25) is 19.0 Å². The summed E-state index contributed by atoms with van der Waals surface area (Å²) in [6.07, 6.45) is 0.342. The number of hydrogen-bond acceptors (Lipinski definition) is 5. The maximum Gasteiger partial charge on any atom is 0.281 e. The fraction of sp³-hybridized carbons (Fsp3) is 0.294. The third-order valence-electron chi connectivity index (χ3n) is 4.17. The number of nitrogens with one attached hydrogen (secondary N) is 1. The van der Waals surface area contributed by atoms with E-state index in [9.17, 15) is 18.4 Å². The number of amides is 1. The van der Waals surface area contributed by atoms with E-state index in [1.807, 2.05) is 0 Å². The topological polar surface area (TPSA) is 83.8 Å². The molecule has 2 aromatic rings. The van der Waals surface area contributed by atoms with Gasteiger partial charge in [-0.05, 0) is 40.0 Å². The minimum Gasteiger partial charge on any atom is -0.394 e. The SMILES string of the molecule is Cn1c(Nc2ccc(Br)c(F)c2F)c2c(cc1=O)CCN(OCCO)C2=O. The van der Waals surface area contributed by atoms with Crippen LogP contribution in [0.3, 0.4) is 0 Å². The van der Waals surface area contributed by atoms with Crippen LogP contribution in [-0.2, 0) is 18.3 Å². The van der Waals surface area contributed by atoms with Crippen molar-refractivity contribution in [3.8, 4) is 0 Å². The first kappa shape index (κ1) is 19.5. The molecular weight excluding hydrogens is 428 g/mol. The van der Waals surface area contributed by atoms with E-state index in [1.54, 1.807) is 0 Å². The van der Waals surface area contributed by atoms with Crippen LogP contribution in [0.4, 0.5) is 20.3 Å². The van der Waals surface area contributed by atoms with Crippen LogP contribution < -0.4 is 10.9 Å². The van der Waals surface area contributed by atoms with Crippen LogP contribution in [0, 0.1) is 11.6 Å². The second-order valence-corrected chi connectivity index (χ2v) is 6.71. The van der Waals surface area contributed by atoms with Crippen molar-refractivity contribution < 1.29 is 23.5 Å². The largest absolute Gasteiger partial charge is 0.394 e. The fourth-order valence-corrected chi connectivity index (χ4v) is 3.11. The van der Waals surface area contributed by atoms with E-state index in [0.717, 1.165) is 9.63 Å². The monoisotopic (exact) mass is 443 g/mol. The lowest BCUT2D eigenvalue weighted by Gasteiger charge is -2.29. The highest BCUT2D eigenvalue weighted by Gasteiger charge is 2.30. The van der Waals surface area contributed by atoms with Crippen molar-refractivity contribution in [1.82, 2.24) is 9.63 Å². The summed E-state index contributed by atoms with van der Waals surface area (Å²) in [6, 6.07) is 3.94. The van der Waals surface area contributed by atoms with Gasteiger partial charge in [-0.15, -0.1) is 0 Å². The maximum absolute atomic E-state index is 14.3. The Morgan fingerprint density at radius 3 is 2.74 bits per heavy atom. The van der Waals surface area contributed by atoms with Gasteiger partial charge in [0.2, 0.25) is 0 Å². The smallest absolute Gasteiger partial charge is 0.281 e. The molecule has 10 heteroatoms. The molecule has 0 saturated carbocycles. The Kier molecular flexibility index (Phi) is 5.59. The van der Waals surface area contributed by atoms with Gasteiger partial charge in [0.05, 0.1) is 35.5 Å². The Balaban J connectivity index is 2.09. The van der Waals surface area contributed by atoms with Crippen molar-refractivity contribution in [1.29, 1.82) is 0 Å². The molecule has 0 saturated heterocycles. The highest BCUT2D eigenvalue weighted by Crippen LogP contribution is 2.30. The lowest BCUT2D eigenvalue weighted by Crippen LogP contribution is -2.40. The van der Waals surface area contributed by atoms with Crippen molar-refractivity contribution in [2.24, 2.45) is 7.05 Å². The zero-order chi connectivity index (χ0) is 19.7. The lowest BCUT2D eigenvalue weighted by atomic mass is 10.0. The fourth-order valence-electron chi connectivity index (χ4n) is 2.80. The molecule has 2 heterocycles. The van der Waals surface area contributed by atoms with Crippen LogP contribution in [0.2, 0.25) is 0 Å². The summed E-state index contributed by atoms with van der Waals surface area (Å²) in [6.45, 7) is -0.125. The van der Waals surface area contributed by atoms with E-state index < -0.39 is 23.1 Å². The summed E-state index contributed by atoms with van der Waals surface area (Å²) >= 11 is 2.90. The van der Waals surface area contributed by atoms with Crippen LogP contribution in [0.25, 0.3) is 0 Å². The van der Waals surface area contributed by atoms with E-state index in [-0.39, 0.29) is 41.3 Å². The summed E-state index contributed by atoms with van der Waals surface area (Å²) in [7, 11) is 1.42. The summed E-state index contributed by atoms with van der Waals surface area (Å²) in [4.78, 5) is 30.2. The van der Waals surface area contributed by atoms with Crippen molar-refractivity contribution in [3.05, 3.63) is 55.8 Å². The quantitative estimate of drug-likeness (QED) is 0.691. The zero-order valence-corrected chi connectivity index (χ0v) is 15.8. The molecule has 1 aromatic carbocycles. The minimum absolute atomic E-state index is 0.0282. The number of benzene rings is 1. The molecule has 0 spiro atoms. The predicted molar refractivity (Wildman–Crippen MR) is 96.8 cm³/mol. The average molecular weight is 444 g/mol. The van der Waals surface area contributed by atoms with Crippen molar-refractivity contribution >= 4 is 33.3 Å². The van der Waals surface area contributed by atoms with Crippen LogP contribution in [0.5, 0.6) is 0 Å². The molecule has 1 aliphatic rings. The number of aliphatic hydroxyl groups excluding tert-OH is 1. The number of carbonyl (C=O) groups excluding carboxylic acids is 1. The molecule has 0 unspecified atom stereocenters. The molecule has 27 heavy (non-hydrogen) atoms. The Morgan fingerprint density at radius 2 is 2.04 bits per heavy atom. The normalized spacial score (nSPS) is 13.7. The number of aliphatic hydroxyl groups is 1. The average Bonchev–Trinajstić information content (AvgIpc) is 2.65. The standard InChI is InChI=1S/C17H16BrF2N3O4/c1-22-12(25)8-9-4-5-23(27-7-6-24)17(26)13(9)16(22)21-11-3-2-10(18)14(19)15(11)20/h2-3,8,21,24H,4-7H2,1H3. The van der Waals surface area contributed by atoms with Gasteiger partial charge in [-0.1, -0.05) is 0 Å². The van der Waals surface area contributed by atoms with Crippen molar-refractivity contribution in [2.75, 3.05) is 25.1 Å². The number of nitrogens with zero attached hydrogens (tertiary/aromatic N) is 2. The number of aromatic nitrogens is 1. The second-order valence-electron chi connectivity index (χ2n) is 5.85. The van der Waals surface area contributed by atoms with Gasteiger partial charge in [0.1, 0.15) is 5.82 Å².